The van der Waals surface area contributed by atoms with Crippen molar-refractivity contribution in [2.24, 2.45) is 0 Å². The number of amides is 2. The molecule has 0 spiro atoms. The molecule has 0 unspecified atom stereocenters. The van der Waals surface area contributed by atoms with E-state index in [-0.39, 0.29) is 23.9 Å². The molecule has 31 heavy (non-hydrogen) atoms. The zero-order chi connectivity index (χ0) is 23.0. The van der Waals surface area contributed by atoms with Crippen molar-refractivity contribution in [1.82, 2.24) is 10.6 Å². The molecule has 1 atom stereocenters. The fourth-order valence-corrected chi connectivity index (χ4v) is 2.98. The summed E-state index contributed by atoms with van der Waals surface area (Å²) in [5, 5.41) is 5.31. The molecule has 6 heteroatoms. The first-order chi connectivity index (χ1) is 14.6. The summed E-state index contributed by atoms with van der Waals surface area (Å²) in [5.41, 5.74) is 3.77. The van der Waals surface area contributed by atoms with Crippen molar-refractivity contribution in [1.29, 1.82) is 0 Å². The van der Waals surface area contributed by atoms with E-state index in [0.717, 1.165) is 17.5 Å². The molecule has 0 aliphatic heterocycles. The Labute approximate surface area is 184 Å². The second-order valence-electron chi connectivity index (χ2n) is 8.56. The van der Waals surface area contributed by atoms with Crippen molar-refractivity contribution in [2.45, 2.75) is 52.5 Å². The average molecular weight is 425 g/mol. The minimum atomic E-state index is -0.672. The van der Waals surface area contributed by atoms with Gasteiger partial charge >= 0.3 is 5.97 Å². The lowest BCUT2D eigenvalue weighted by Gasteiger charge is -2.19. The Morgan fingerprint density at radius 1 is 0.968 bits per heavy atom. The molecule has 6 nitrogen and oxygen atoms in total. The van der Waals surface area contributed by atoms with E-state index in [0.29, 0.717) is 5.56 Å². The van der Waals surface area contributed by atoms with Crippen molar-refractivity contribution in [3.8, 4) is 0 Å². The van der Waals surface area contributed by atoms with Gasteiger partial charge in [0.2, 0.25) is 0 Å². The van der Waals surface area contributed by atoms with E-state index in [1.807, 2.05) is 43.3 Å². The van der Waals surface area contributed by atoms with Gasteiger partial charge in [-0.25, -0.2) is 0 Å². The minimum absolute atomic E-state index is 0.00412. The molecule has 0 bridgehead atoms. The highest BCUT2D eigenvalue weighted by molar-refractivity contribution is 5.96. The Morgan fingerprint density at radius 2 is 1.58 bits per heavy atom. The largest absolute Gasteiger partial charge is 0.454 e. The molecule has 0 saturated carbocycles. The fraction of sp³-hybridized carbons (Fsp3) is 0.400. The van der Waals surface area contributed by atoms with Crippen molar-refractivity contribution < 1.29 is 19.1 Å². The molecule has 2 aromatic carbocycles. The van der Waals surface area contributed by atoms with Gasteiger partial charge in [-0.1, -0.05) is 64.1 Å². The van der Waals surface area contributed by atoms with Gasteiger partial charge in [0.05, 0.1) is 6.04 Å². The molecule has 166 valence electrons. The summed E-state index contributed by atoms with van der Waals surface area (Å²) in [5.74, 6) is -1.44. The van der Waals surface area contributed by atoms with Crippen LogP contribution in [-0.4, -0.2) is 30.9 Å². The van der Waals surface area contributed by atoms with Crippen LogP contribution in [0.5, 0.6) is 0 Å². The molecule has 2 aromatic rings. The number of hydrogen-bond donors (Lipinski definition) is 2. The third-order valence-electron chi connectivity index (χ3n) is 5.04. The summed E-state index contributed by atoms with van der Waals surface area (Å²) in [6.45, 7) is 9.53. The summed E-state index contributed by atoms with van der Waals surface area (Å²) in [7, 11) is 0. The van der Waals surface area contributed by atoms with Crippen LogP contribution in [0.2, 0.25) is 0 Å². The van der Waals surface area contributed by atoms with Crippen LogP contribution in [0.25, 0.3) is 0 Å². The topological polar surface area (TPSA) is 84.5 Å². The number of aryl methyl sites for hydroxylation is 1. The number of hydrogen-bond acceptors (Lipinski definition) is 4. The molecule has 2 amide bonds. The number of carbonyl (C=O) groups excluding carboxylic acids is 3. The summed E-state index contributed by atoms with van der Waals surface area (Å²) in [6, 6.07) is 15.0. The van der Waals surface area contributed by atoms with Gasteiger partial charge in [0.1, 0.15) is 6.54 Å². The Balaban J connectivity index is 1.74. The molecule has 0 aromatic heterocycles. The maximum atomic E-state index is 12.2. The molecule has 2 rings (SSSR count). The normalized spacial score (nSPS) is 12.0. The average Bonchev–Trinajstić information content (AvgIpc) is 2.75. The first-order valence-corrected chi connectivity index (χ1v) is 10.5. The fourth-order valence-electron chi connectivity index (χ4n) is 2.98. The number of benzene rings is 2. The van der Waals surface area contributed by atoms with E-state index >= 15 is 0 Å². The maximum Gasteiger partial charge on any atom is 0.325 e. The summed E-state index contributed by atoms with van der Waals surface area (Å²) in [6.07, 6.45) is 0.954. The number of ether oxygens (including phenoxy) is 1. The zero-order valence-electron chi connectivity index (χ0n) is 19.0. The summed E-state index contributed by atoms with van der Waals surface area (Å²) in [4.78, 5) is 36.1. The number of nitrogens with one attached hydrogen (secondary N) is 2. The maximum absolute atomic E-state index is 12.2. The van der Waals surface area contributed by atoms with Gasteiger partial charge in [-0.15, -0.1) is 0 Å². The predicted molar refractivity (Wildman–Crippen MR) is 121 cm³/mol. The number of carbonyl (C=O) groups is 3. The van der Waals surface area contributed by atoms with E-state index in [1.54, 1.807) is 12.1 Å². The van der Waals surface area contributed by atoms with Gasteiger partial charge in [0, 0.05) is 5.56 Å². The highest BCUT2D eigenvalue weighted by atomic mass is 16.5. The van der Waals surface area contributed by atoms with Gasteiger partial charge in [-0.2, -0.15) is 0 Å². The van der Waals surface area contributed by atoms with Crippen LogP contribution in [0.15, 0.2) is 48.5 Å². The Hall–Kier alpha value is -3.15. The van der Waals surface area contributed by atoms with Gasteiger partial charge in [0.25, 0.3) is 11.8 Å². The molecule has 0 fully saturated rings. The van der Waals surface area contributed by atoms with Gasteiger partial charge < -0.3 is 15.4 Å². The first kappa shape index (κ1) is 24.1. The lowest BCUT2D eigenvalue weighted by atomic mass is 9.87. The molecule has 0 saturated heterocycles. The van der Waals surface area contributed by atoms with E-state index in [1.165, 1.54) is 5.56 Å². The molecule has 0 aliphatic carbocycles. The van der Waals surface area contributed by atoms with E-state index in [9.17, 15) is 14.4 Å². The van der Waals surface area contributed by atoms with Crippen LogP contribution in [0.1, 0.15) is 67.7 Å². The lowest BCUT2D eigenvalue weighted by molar-refractivity contribution is -0.147. The van der Waals surface area contributed by atoms with Crippen molar-refractivity contribution in [2.75, 3.05) is 13.2 Å². The highest BCUT2D eigenvalue weighted by Crippen LogP contribution is 2.22. The number of esters is 1. The van der Waals surface area contributed by atoms with Crippen molar-refractivity contribution >= 4 is 17.8 Å². The molecule has 2 N–H and O–H groups in total. The Bertz CT molecular complexity index is 897. The van der Waals surface area contributed by atoms with Crippen LogP contribution >= 0.6 is 0 Å². The monoisotopic (exact) mass is 424 g/mol. The van der Waals surface area contributed by atoms with E-state index < -0.39 is 18.5 Å². The second-order valence-corrected chi connectivity index (χ2v) is 8.56. The minimum Gasteiger partial charge on any atom is -0.454 e. The number of rotatable bonds is 8. The third-order valence-corrected chi connectivity index (χ3v) is 5.04. The van der Waals surface area contributed by atoms with E-state index in [2.05, 4.69) is 38.3 Å². The SMILES string of the molecule is CCc1ccc([C@@H](C)NC(=O)COC(=O)CNC(=O)c2ccc(C(C)(C)C)cc2)cc1. The quantitative estimate of drug-likeness (QED) is 0.633. The predicted octanol–water partition coefficient (Wildman–Crippen LogP) is 3.70. The molecular formula is C25H32N2O4. The van der Waals surface area contributed by atoms with Crippen LogP contribution in [0, 0.1) is 0 Å². The summed E-state index contributed by atoms with van der Waals surface area (Å²) >= 11 is 0. The molecule has 0 radical (unpaired) electrons. The Morgan fingerprint density at radius 3 is 2.13 bits per heavy atom. The van der Waals surface area contributed by atoms with Gasteiger partial charge in [-0.3, -0.25) is 14.4 Å². The highest BCUT2D eigenvalue weighted by Gasteiger charge is 2.16. The van der Waals surface area contributed by atoms with Crippen molar-refractivity contribution in [3.05, 3.63) is 70.8 Å². The second kappa shape index (κ2) is 10.8. The smallest absolute Gasteiger partial charge is 0.325 e. The van der Waals surface area contributed by atoms with Crippen LogP contribution < -0.4 is 10.6 Å². The first-order valence-electron chi connectivity index (χ1n) is 10.5. The van der Waals surface area contributed by atoms with Gasteiger partial charge in [-0.05, 0) is 47.6 Å². The molecular weight excluding hydrogens is 392 g/mol. The Kier molecular flexibility index (Phi) is 8.37. The van der Waals surface area contributed by atoms with E-state index in [4.69, 9.17) is 4.74 Å². The standard InChI is InChI=1S/C25H32N2O4/c1-6-18-7-9-19(10-8-18)17(2)27-22(28)16-31-23(29)15-26-24(30)20-11-13-21(14-12-20)25(3,4)5/h7-14,17H,6,15-16H2,1-5H3,(H,26,30)(H,27,28)/t17-/m1/s1. The van der Waals surface area contributed by atoms with Crippen molar-refractivity contribution in [3.63, 3.8) is 0 Å². The molecule has 0 aliphatic rings. The lowest BCUT2D eigenvalue weighted by Crippen LogP contribution is -2.34. The zero-order valence-corrected chi connectivity index (χ0v) is 19.0. The van der Waals surface area contributed by atoms with Crippen LogP contribution in [0.3, 0.4) is 0 Å². The molecule has 0 heterocycles. The van der Waals surface area contributed by atoms with Crippen LogP contribution in [-0.2, 0) is 26.2 Å². The van der Waals surface area contributed by atoms with Gasteiger partial charge in [0.15, 0.2) is 6.61 Å². The summed E-state index contributed by atoms with van der Waals surface area (Å²) < 4.78 is 4.96. The van der Waals surface area contributed by atoms with Crippen LogP contribution in [0.4, 0.5) is 0 Å². The third kappa shape index (κ3) is 7.55.